The fourth-order valence-corrected chi connectivity index (χ4v) is 5.97. The molecule has 6 nitrogen and oxygen atoms in total. The predicted molar refractivity (Wildman–Crippen MR) is 155 cm³/mol. The van der Waals surface area contributed by atoms with Crippen LogP contribution in [0.5, 0.6) is 0 Å². The third kappa shape index (κ3) is 5.01. The molecule has 9 heteroatoms. The van der Waals surface area contributed by atoms with Gasteiger partial charge in [0.2, 0.25) is 0 Å². The molecule has 1 atom stereocenters. The van der Waals surface area contributed by atoms with Gasteiger partial charge in [-0.15, -0.1) is 0 Å². The Morgan fingerprint density at radius 2 is 1.93 bits per heavy atom. The zero-order chi connectivity index (χ0) is 29.5. The smallest absolute Gasteiger partial charge is 0.195 e. The maximum absolute atomic E-state index is 13.9. The van der Waals surface area contributed by atoms with Gasteiger partial charge in [-0.2, -0.15) is 0 Å². The van der Waals surface area contributed by atoms with Crippen molar-refractivity contribution in [3.63, 3.8) is 0 Å². The normalized spacial score (nSPS) is 15.6. The Hall–Kier alpha value is -3.95. The van der Waals surface area contributed by atoms with Gasteiger partial charge in [-0.3, -0.25) is 4.79 Å². The quantitative estimate of drug-likeness (QED) is 0.118. The standard InChI is InChI=1S/C33H32F3N3O3/c1-18-14-27-32(38-19(2)39(27)3)23(10-7-13-42-28-11-4-5-12-41-28)29(18)22-9-6-8-21-24(17-37-31(21)22)33(40)20-15-25(34)30(36)26(35)16-20/h6,8-9,14-17,28,37H,4-5,7,10-13H2,1-3H3. The average Bonchev–Trinajstić information content (AvgIpc) is 3.54. The second kappa shape index (κ2) is 11.4. The molecule has 1 fully saturated rings. The molecule has 0 aliphatic carbocycles. The third-order valence-electron chi connectivity index (χ3n) is 8.19. The van der Waals surface area contributed by atoms with Crippen LogP contribution < -0.4 is 0 Å². The molecule has 0 saturated carbocycles. The highest BCUT2D eigenvalue weighted by molar-refractivity contribution is 6.18. The summed E-state index contributed by atoms with van der Waals surface area (Å²) in [6.45, 7) is 5.33. The lowest BCUT2D eigenvalue weighted by Gasteiger charge is -2.23. The molecule has 0 amide bonds. The number of aryl methyl sites for hydroxylation is 4. The van der Waals surface area contributed by atoms with E-state index in [9.17, 15) is 18.0 Å². The Kier molecular flexibility index (Phi) is 7.64. The molecule has 1 aliphatic rings. The maximum atomic E-state index is 13.9. The Balaban J connectivity index is 1.41. The van der Waals surface area contributed by atoms with Gasteiger partial charge in [-0.05, 0) is 80.8 Å². The number of halogens is 3. The largest absolute Gasteiger partial charge is 0.360 e. The van der Waals surface area contributed by atoms with Crippen molar-refractivity contribution in [1.82, 2.24) is 14.5 Å². The van der Waals surface area contributed by atoms with E-state index < -0.39 is 23.2 Å². The lowest BCUT2D eigenvalue weighted by atomic mass is 9.89. The summed E-state index contributed by atoms with van der Waals surface area (Å²) in [4.78, 5) is 21.5. The number of ketones is 1. The highest BCUT2D eigenvalue weighted by Crippen LogP contribution is 2.39. The topological polar surface area (TPSA) is 69.1 Å². The number of benzene rings is 3. The van der Waals surface area contributed by atoms with Crippen molar-refractivity contribution in [2.75, 3.05) is 13.2 Å². The van der Waals surface area contributed by atoms with E-state index in [0.29, 0.717) is 23.9 Å². The van der Waals surface area contributed by atoms with Crippen LogP contribution >= 0.6 is 0 Å². The van der Waals surface area contributed by atoms with E-state index in [0.717, 1.165) is 83.5 Å². The first-order valence-electron chi connectivity index (χ1n) is 14.2. The first kappa shape index (κ1) is 28.2. The van der Waals surface area contributed by atoms with Crippen LogP contribution in [0, 0.1) is 31.3 Å². The monoisotopic (exact) mass is 575 g/mol. The minimum atomic E-state index is -1.60. The molecule has 218 valence electrons. The second-order valence-corrected chi connectivity index (χ2v) is 10.9. The maximum Gasteiger partial charge on any atom is 0.195 e. The Morgan fingerprint density at radius 1 is 1.14 bits per heavy atom. The van der Waals surface area contributed by atoms with Crippen LogP contribution in [-0.2, 0) is 22.9 Å². The Bertz CT molecular complexity index is 1800. The minimum absolute atomic E-state index is 0.153. The molecule has 2 aromatic heterocycles. The van der Waals surface area contributed by atoms with Gasteiger partial charge in [0.05, 0.1) is 23.2 Å². The summed E-state index contributed by atoms with van der Waals surface area (Å²) in [6, 6.07) is 9.21. The summed E-state index contributed by atoms with van der Waals surface area (Å²) in [6.07, 6.45) is 5.95. The molecular formula is C33H32F3N3O3. The van der Waals surface area contributed by atoms with Gasteiger partial charge in [-0.25, -0.2) is 18.2 Å². The molecule has 0 radical (unpaired) electrons. The molecule has 5 aromatic rings. The van der Waals surface area contributed by atoms with E-state index in [4.69, 9.17) is 14.5 Å². The second-order valence-electron chi connectivity index (χ2n) is 10.9. The number of carbonyl (C=O) groups excluding carboxylic acids is 1. The molecule has 42 heavy (non-hydrogen) atoms. The molecule has 6 rings (SSSR count). The first-order chi connectivity index (χ1) is 20.2. The van der Waals surface area contributed by atoms with Gasteiger partial charge in [-0.1, -0.05) is 18.2 Å². The van der Waals surface area contributed by atoms with Crippen LogP contribution in [0.3, 0.4) is 0 Å². The number of H-pyrrole nitrogens is 1. The van der Waals surface area contributed by atoms with Gasteiger partial charge in [0.25, 0.3) is 0 Å². The van der Waals surface area contributed by atoms with E-state index >= 15 is 0 Å². The molecule has 1 unspecified atom stereocenters. The van der Waals surface area contributed by atoms with Crippen molar-refractivity contribution < 1.29 is 27.4 Å². The number of aromatic nitrogens is 3. The zero-order valence-corrected chi connectivity index (χ0v) is 23.8. The van der Waals surface area contributed by atoms with Gasteiger partial charge in [0.15, 0.2) is 29.5 Å². The number of aromatic amines is 1. The number of fused-ring (bicyclic) bond motifs is 2. The number of ether oxygens (including phenoxy) is 2. The van der Waals surface area contributed by atoms with E-state index in [1.54, 1.807) is 6.07 Å². The number of hydrogen-bond acceptors (Lipinski definition) is 4. The van der Waals surface area contributed by atoms with Crippen molar-refractivity contribution in [3.8, 4) is 11.1 Å². The first-order valence-corrected chi connectivity index (χ1v) is 14.2. The lowest BCUT2D eigenvalue weighted by molar-refractivity contribution is -0.162. The highest BCUT2D eigenvalue weighted by atomic mass is 19.2. The van der Waals surface area contributed by atoms with Gasteiger partial charge >= 0.3 is 0 Å². The molecule has 1 saturated heterocycles. The predicted octanol–water partition coefficient (Wildman–Crippen LogP) is 7.46. The molecule has 0 bridgehead atoms. The van der Waals surface area contributed by atoms with Gasteiger partial charge in [0.1, 0.15) is 5.82 Å². The van der Waals surface area contributed by atoms with Crippen molar-refractivity contribution in [2.45, 2.75) is 52.2 Å². The number of carbonyl (C=O) groups is 1. The van der Waals surface area contributed by atoms with Crippen LogP contribution in [0.4, 0.5) is 13.2 Å². The molecule has 1 aliphatic heterocycles. The number of imidazole rings is 1. The van der Waals surface area contributed by atoms with Crippen molar-refractivity contribution in [2.24, 2.45) is 7.05 Å². The minimum Gasteiger partial charge on any atom is -0.360 e. The van der Waals surface area contributed by atoms with E-state index in [-0.39, 0.29) is 17.4 Å². The summed E-state index contributed by atoms with van der Waals surface area (Å²) in [7, 11) is 2.00. The summed E-state index contributed by atoms with van der Waals surface area (Å²) < 4.78 is 55.2. The SMILES string of the molecule is Cc1cc2c(nc(C)n2C)c(CCCOC2CCCCO2)c1-c1cccc2c(C(=O)c3cc(F)c(F)c(F)c3)c[nH]c12. The number of hydrogen-bond donors (Lipinski definition) is 1. The van der Waals surface area contributed by atoms with E-state index in [2.05, 4.69) is 22.5 Å². The van der Waals surface area contributed by atoms with Gasteiger partial charge < -0.3 is 19.0 Å². The summed E-state index contributed by atoms with van der Waals surface area (Å²) in [5, 5.41) is 0.600. The van der Waals surface area contributed by atoms with Crippen LogP contribution in [0.1, 0.15) is 58.6 Å². The van der Waals surface area contributed by atoms with E-state index in [1.807, 2.05) is 26.1 Å². The zero-order valence-electron chi connectivity index (χ0n) is 23.8. The van der Waals surface area contributed by atoms with E-state index in [1.165, 1.54) is 6.20 Å². The average molecular weight is 576 g/mol. The highest BCUT2D eigenvalue weighted by Gasteiger charge is 2.23. The van der Waals surface area contributed by atoms with Crippen molar-refractivity contribution in [1.29, 1.82) is 0 Å². The Morgan fingerprint density at radius 3 is 2.67 bits per heavy atom. The number of rotatable bonds is 8. The molecule has 3 aromatic carbocycles. The molecule has 3 heterocycles. The van der Waals surface area contributed by atoms with Crippen molar-refractivity contribution in [3.05, 3.63) is 88.1 Å². The van der Waals surface area contributed by atoms with Crippen molar-refractivity contribution >= 4 is 27.7 Å². The van der Waals surface area contributed by atoms with Crippen LogP contribution in [-0.4, -0.2) is 39.8 Å². The number of nitrogens with zero attached hydrogens (tertiary/aromatic N) is 2. The summed E-state index contributed by atoms with van der Waals surface area (Å²) in [5.74, 6) is -4.12. The van der Waals surface area contributed by atoms with Crippen LogP contribution in [0.25, 0.3) is 33.1 Å². The number of para-hydroxylation sites is 1. The fourth-order valence-electron chi connectivity index (χ4n) is 5.97. The summed E-state index contributed by atoms with van der Waals surface area (Å²) in [5.41, 5.74) is 6.68. The van der Waals surface area contributed by atoms with Crippen LogP contribution in [0.15, 0.2) is 42.6 Å². The molecule has 0 spiro atoms. The Labute approximate surface area is 241 Å². The van der Waals surface area contributed by atoms with Crippen LogP contribution in [0.2, 0.25) is 0 Å². The number of nitrogens with one attached hydrogen (secondary N) is 1. The lowest BCUT2D eigenvalue weighted by Crippen LogP contribution is -2.22. The molecule has 1 N–H and O–H groups in total. The third-order valence-corrected chi connectivity index (χ3v) is 8.19. The van der Waals surface area contributed by atoms with Gasteiger partial charge in [0, 0.05) is 41.9 Å². The molecular weight excluding hydrogens is 543 g/mol. The summed E-state index contributed by atoms with van der Waals surface area (Å²) >= 11 is 0. The fraction of sp³-hybridized carbons (Fsp3) is 0.333.